The average molecular weight is 196 g/mol. The van der Waals surface area contributed by atoms with E-state index < -0.39 is 34.1 Å². The van der Waals surface area contributed by atoms with Crippen molar-refractivity contribution < 1.29 is 22.5 Å². The summed E-state index contributed by atoms with van der Waals surface area (Å²) in [5.41, 5.74) is -1.88. The van der Waals surface area contributed by atoms with Crippen LogP contribution in [0.3, 0.4) is 0 Å². The molecule has 0 amide bonds. The number of nitrogens with zero attached hydrogens (tertiary/aromatic N) is 2. The lowest BCUT2D eigenvalue weighted by Gasteiger charge is -1.96. The monoisotopic (exact) mass is 196 g/mol. The van der Waals surface area contributed by atoms with Gasteiger partial charge in [0.2, 0.25) is 0 Å². The molecule has 8 heteroatoms. The fourth-order valence-electron chi connectivity index (χ4n) is 0.636. The van der Waals surface area contributed by atoms with Crippen molar-refractivity contribution in [2.45, 2.75) is 0 Å². The van der Waals surface area contributed by atoms with Crippen molar-refractivity contribution in [1.29, 1.82) is 0 Å². The summed E-state index contributed by atoms with van der Waals surface area (Å²) in [6, 6.07) is 0. The zero-order valence-corrected chi connectivity index (χ0v) is 5.72. The van der Waals surface area contributed by atoms with Gasteiger partial charge in [0.25, 0.3) is 23.5 Å². The van der Waals surface area contributed by atoms with E-state index in [-0.39, 0.29) is 0 Å². The largest absolute Gasteiger partial charge is 0.349 e. The van der Waals surface area contributed by atoms with Gasteiger partial charge in [0, 0.05) is 0 Å². The standard InChI is InChI=1S/C5F4N2O2/c6-1-3(11(12)13)2(7)5(9)10-4(1)8. The van der Waals surface area contributed by atoms with Gasteiger partial charge in [-0.05, 0) is 0 Å². The second-order valence-corrected chi connectivity index (χ2v) is 1.93. The average Bonchev–Trinajstić information content (AvgIpc) is 2.01. The second-order valence-electron chi connectivity index (χ2n) is 1.93. The first-order valence-corrected chi connectivity index (χ1v) is 2.79. The van der Waals surface area contributed by atoms with Gasteiger partial charge in [-0.15, -0.1) is 0 Å². The Kier molecular flexibility index (Phi) is 2.13. The number of pyridine rings is 1. The number of nitro groups is 1. The third-order valence-corrected chi connectivity index (χ3v) is 1.16. The molecular weight excluding hydrogens is 196 g/mol. The number of rotatable bonds is 1. The molecule has 1 aromatic heterocycles. The molecule has 4 nitrogen and oxygen atoms in total. The van der Waals surface area contributed by atoms with Crippen LogP contribution in [-0.2, 0) is 0 Å². The molecular formula is C5F4N2O2. The summed E-state index contributed by atoms with van der Waals surface area (Å²) in [7, 11) is 0. The third kappa shape index (κ3) is 1.42. The van der Waals surface area contributed by atoms with Gasteiger partial charge in [0.15, 0.2) is 0 Å². The van der Waals surface area contributed by atoms with Crippen LogP contribution in [0.5, 0.6) is 0 Å². The zero-order valence-electron chi connectivity index (χ0n) is 5.72. The zero-order chi connectivity index (χ0) is 10.2. The molecule has 0 aliphatic carbocycles. The SMILES string of the molecule is O=[N+]([O-])c1c(F)c(F)nc(F)c1F. The van der Waals surface area contributed by atoms with Crippen LogP contribution in [0.15, 0.2) is 0 Å². The van der Waals surface area contributed by atoms with Gasteiger partial charge in [0.1, 0.15) is 0 Å². The van der Waals surface area contributed by atoms with Gasteiger partial charge < -0.3 is 0 Å². The highest BCUT2D eigenvalue weighted by Gasteiger charge is 2.29. The molecule has 13 heavy (non-hydrogen) atoms. The molecule has 0 aliphatic heterocycles. The lowest BCUT2D eigenvalue weighted by Crippen LogP contribution is -2.05. The summed E-state index contributed by atoms with van der Waals surface area (Å²) >= 11 is 0. The van der Waals surface area contributed by atoms with Crippen molar-refractivity contribution in [2.24, 2.45) is 0 Å². The molecule has 1 heterocycles. The summed E-state index contributed by atoms with van der Waals surface area (Å²) in [5.74, 6) is -8.34. The molecule has 0 saturated heterocycles. The summed E-state index contributed by atoms with van der Waals surface area (Å²) in [6.45, 7) is 0. The van der Waals surface area contributed by atoms with E-state index in [0.29, 0.717) is 0 Å². The van der Waals surface area contributed by atoms with E-state index in [9.17, 15) is 27.7 Å². The Morgan fingerprint density at radius 2 is 1.46 bits per heavy atom. The molecule has 0 N–H and O–H groups in total. The molecule has 0 saturated carbocycles. The summed E-state index contributed by atoms with van der Waals surface area (Å²) < 4.78 is 49.2. The quantitative estimate of drug-likeness (QED) is 0.296. The fourth-order valence-corrected chi connectivity index (χ4v) is 0.636. The Labute approximate surface area is 68.0 Å². The normalized spacial score (nSPS) is 10.2. The summed E-state index contributed by atoms with van der Waals surface area (Å²) in [4.78, 5) is 10.5. The molecule has 0 aromatic carbocycles. The van der Waals surface area contributed by atoms with Gasteiger partial charge in [-0.2, -0.15) is 22.5 Å². The minimum atomic E-state index is -2.12. The van der Waals surface area contributed by atoms with Crippen molar-refractivity contribution in [3.8, 4) is 0 Å². The molecule has 1 rings (SSSR count). The van der Waals surface area contributed by atoms with Crippen LogP contribution in [0.4, 0.5) is 23.2 Å². The van der Waals surface area contributed by atoms with Gasteiger partial charge in [-0.1, -0.05) is 0 Å². The van der Waals surface area contributed by atoms with Crippen LogP contribution in [0, 0.1) is 33.6 Å². The van der Waals surface area contributed by atoms with E-state index in [4.69, 9.17) is 0 Å². The van der Waals surface area contributed by atoms with E-state index in [1.54, 1.807) is 0 Å². The number of hydrogen-bond donors (Lipinski definition) is 0. The van der Waals surface area contributed by atoms with Crippen molar-refractivity contribution in [3.05, 3.63) is 33.6 Å². The van der Waals surface area contributed by atoms with Crippen molar-refractivity contribution >= 4 is 5.69 Å². The van der Waals surface area contributed by atoms with Crippen molar-refractivity contribution in [2.75, 3.05) is 0 Å². The highest BCUT2D eigenvalue weighted by atomic mass is 19.2. The van der Waals surface area contributed by atoms with Gasteiger partial charge in [-0.3, -0.25) is 10.1 Å². The molecule has 0 atom stereocenters. The maximum Gasteiger partial charge on any atom is 0.349 e. The fraction of sp³-hybridized carbons (Fsp3) is 0. The summed E-state index contributed by atoms with van der Waals surface area (Å²) in [5, 5.41) is 9.91. The van der Waals surface area contributed by atoms with Crippen LogP contribution in [0.25, 0.3) is 0 Å². The first-order valence-electron chi connectivity index (χ1n) is 2.79. The Morgan fingerprint density at radius 3 is 1.77 bits per heavy atom. The minimum Gasteiger partial charge on any atom is -0.258 e. The second kappa shape index (κ2) is 2.96. The van der Waals surface area contributed by atoms with Crippen LogP contribution >= 0.6 is 0 Å². The lowest BCUT2D eigenvalue weighted by atomic mass is 10.4. The van der Waals surface area contributed by atoms with Gasteiger partial charge >= 0.3 is 5.69 Å². The van der Waals surface area contributed by atoms with E-state index in [1.807, 2.05) is 0 Å². The van der Waals surface area contributed by atoms with Crippen molar-refractivity contribution in [3.63, 3.8) is 0 Å². The van der Waals surface area contributed by atoms with Crippen LogP contribution in [0.1, 0.15) is 0 Å². The van der Waals surface area contributed by atoms with E-state index in [1.165, 1.54) is 0 Å². The van der Waals surface area contributed by atoms with E-state index in [2.05, 4.69) is 4.98 Å². The first kappa shape index (κ1) is 9.36. The molecule has 70 valence electrons. The van der Waals surface area contributed by atoms with Gasteiger partial charge in [-0.25, -0.2) is 0 Å². The first-order chi connectivity index (χ1) is 5.95. The highest BCUT2D eigenvalue weighted by molar-refractivity contribution is 5.31. The van der Waals surface area contributed by atoms with Crippen molar-refractivity contribution in [1.82, 2.24) is 4.98 Å². The molecule has 0 bridgehead atoms. The maximum absolute atomic E-state index is 12.4. The van der Waals surface area contributed by atoms with Gasteiger partial charge in [0.05, 0.1) is 4.92 Å². The molecule has 0 spiro atoms. The molecule has 1 aromatic rings. The predicted molar refractivity (Wildman–Crippen MR) is 30.7 cm³/mol. The Morgan fingerprint density at radius 1 is 1.08 bits per heavy atom. The van der Waals surface area contributed by atoms with E-state index in [0.717, 1.165) is 0 Å². The molecule has 0 fully saturated rings. The van der Waals surface area contributed by atoms with Crippen LogP contribution in [-0.4, -0.2) is 9.91 Å². The topological polar surface area (TPSA) is 56.0 Å². The Hall–Kier alpha value is -1.73. The van der Waals surface area contributed by atoms with Crippen LogP contribution < -0.4 is 0 Å². The smallest absolute Gasteiger partial charge is 0.258 e. The number of aromatic nitrogens is 1. The number of halogens is 4. The predicted octanol–water partition coefficient (Wildman–Crippen LogP) is 1.55. The third-order valence-electron chi connectivity index (χ3n) is 1.16. The number of hydrogen-bond acceptors (Lipinski definition) is 3. The lowest BCUT2D eigenvalue weighted by molar-refractivity contribution is -0.391. The minimum absolute atomic E-state index is 1.57. The highest BCUT2D eigenvalue weighted by Crippen LogP contribution is 2.23. The Balaban J connectivity index is 3.56. The Bertz CT molecular complexity index is 355. The maximum atomic E-state index is 12.4. The van der Waals surface area contributed by atoms with Crippen LogP contribution in [0.2, 0.25) is 0 Å². The molecule has 0 aliphatic rings. The van der Waals surface area contributed by atoms with E-state index >= 15 is 0 Å². The molecule has 0 unspecified atom stereocenters. The summed E-state index contributed by atoms with van der Waals surface area (Å²) in [6.07, 6.45) is 0. The molecule has 0 radical (unpaired) electrons.